The number of hydrogen-bond acceptors (Lipinski definition) is 4. The highest BCUT2D eigenvalue weighted by Crippen LogP contribution is 2.41. The monoisotopic (exact) mass is 486 g/mol. The topological polar surface area (TPSA) is 71.1 Å². The van der Waals surface area contributed by atoms with Crippen LogP contribution in [0.3, 0.4) is 0 Å². The molecule has 0 radical (unpaired) electrons. The fourth-order valence-electron chi connectivity index (χ4n) is 3.86. The summed E-state index contributed by atoms with van der Waals surface area (Å²) in [6, 6.07) is 11.2. The zero-order chi connectivity index (χ0) is 24.2. The number of thiocarbonyl (C=S) groups is 1. The van der Waals surface area contributed by atoms with E-state index in [1.54, 1.807) is 17.0 Å². The molecule has 1 aliphatic rings. The smallest absolute Gasteiger partial charge is 0.181 e. The Hall–Kier alpha value is -3.07. The van der Waals surface area contributed by atoms with Crippen LogP contribution in [0.25, 0.3) is 0 Å². The van der Waals surface area contributed by atoms with Crippen molar-refractivity contribution in [2.45, 2.75) is 44.1 Å². The molecule has 2 aromatic carbocycles. The molecule has 0 unspecified atom stereocenters. The molecule has 0 bridgehead atoms. The summed E-state index contributed by atoms with van der Waals surface area (Å²) in [6.45, 7) is 0. The van der Waals surface area contributed by atoms with E-state index in [2.05, 4.69) is 0 Å². The third-order valence-electron chi connectivity index (χ3n) is 5.94. The van der Waals surface area contributed by atoms with E-state index in [-0.39, 0.29) is 21.4 Å². The highest BCUT2D eigenvalue weighted by atomic mass is 35.5. The van der Waals surface area contributed by atoms with Crippen LogP contribution in [0.4, 0.5) is 20.2 Å². The van der Waals surface area contributed by atoms with Crippen molar-refractivity contribution < 1.29 is 13.6 Å². The fourth-order valence-corrected chi connectivity index (χ4v) is 4.45. The van der Waals surface area contributed by atoms with Gasteiger partial charge in [-0.15, -0.1) is 0 Å². The average Bonchev–Trinajstić information content (AvgIpc) is 2.78. The van der Waals surface area contributed by atoms with Crippen LogP contribution in [0.15, 0.2) is 30.3 Å². The van der Waals surface area contributed by atoms with Gasteiger partial charge in [0.2, 0.25) is 0 Å². The van der Waals surface area contributed by atoms with E-state index in [0.717, 1.165) is 12.7 Å². The molecule has 0 saturated heterocycles. The van der Waals surface area contributed by atoms with Gasteiger partial charge in [0, 0.05) is 19.2 Å². The van der Waals surface area contributed by atoms with Crippen LogP contribution in [-0.4, -0.2) is 24.0 Å². The predicted molar refractivity (Wildman–Crippen MR) is 127 cm³/mol. The molecule has 0 aromatic heterocycles. The standard InChI is InChI=1S/C24H21ClF2N4OS/c1-30(20-9-7-17(14-29)21(25)22(20)27)23(33)31(24(15-32)10-4-11-24)18-8-6-16(19(26)13-18)5-2-3-12-28/h6-9,13,15H,2-5,10-11H2,1H3. The number of hydrogen-bond donors (Lipinski definition) is 0. The molecule has 0 aliphatic heterocycles. The van der Waals surface area contributed by atoms with Crippen molar-refractivity contribution in [1.29, 1.82) is 10.5 Å². The molecule has 5 nitrogen and oxygen atoms in total. The first-order chi connectivity index (χ1) is 15.8. The van der Waals surface area contributed by atoms with Gasteiger partial charge in [-0.1, -0.05) is 17.7 Å². The number of benzene rings is 2. The van der Waals surface area contributed by atoms with Crippen LogP contribution in [0.5, 0.6) is 0 Å². The first kappa shape index (κ1) is 24.6. The molecule has 0 N–H and O–H groups in total. The molecule has 170 valence electrons. The Morgan fingerprint density at radius 1 is 1.27 bits per heavy atom. The number of carbonyl (C=O) groups is 1. The van der Waals surface area contributed by atoms with Gasteiger partial charge in [-0.25, -0.2) is 8.78 Å². The number of anilines is 2. The minimum absolute atomic E-state index is 0.00787. The van der Waals surface area contributed by atoms with Gasteiger partial charge in [0.1, 0.15) is 23.7 Å². The number of aldehydes is 1. The lowest BCUT2D eigenvalue weighted by molar-refractivity contribution is -0.114. The molecule has 0 spiro atoms. The Kier molecular flexibility index (Phi) is 7.63. The number of rotatable bonds is 7. The average molecular weight is 487 g/mol. The summed E-state index contributed by atoms with van der Waals surface area (Å²) in [4.78, 5) is 15.1. The summed E-state index contributed by atoms with van der Waals surface area (Å²) in [7, 11) is 1.53. The molecule has 0 amide bonds. The van der Waals surface area contributed by atoms with Crippen LogP contribution in [-0.2, 0) is 11.2 Å². The van der Waals surface area contributed by atoms with Crippen LogP contribution in [0.1, 0.15) is 43.2 Å². The van der Waals surface area contributed by atoms with Crippen molar-refractivity contribution in [3.63, 3.8) is 0 Å². The fraction of sp³-hybridized carbons (Fsp3) is 0.333. The Labute approximate surface area is 201 Å². The van der Waals surface area contributed by atoms with Crippen molar-refractivity contribution in [1.82, 2.24) is 0 Å². The lowest BCUT2D eigenvalue weighted by atomic mass is 9.76. The number of nitriles is 2. The normalized spacial score (nSPS) is 13.9. The summed E-state index contributed by atoms with van der Waals surface area (Å²) in [5, 5.41) is 17.5. The van der Waals surface area contributed by atoms with Crippen molar-refractivity contribution in [3.05, 3.63) is 58.1 Å². The summed E-state index contributed by atoms with van der Waals surface area (Å²) in [5.74, 6) is -1.28. The second-order valence-corrected chi connectivity index (χ2v) is 8.65. The minimum atomic E-state index is -0.965. The second kappa shape index (κ2) is 10.2. The number of halogens is 3. The number of carbonyl (C=O) groups excluding carboxylic acids is 1. The zero-order valence-electron chi connectivity index (χ0n) is 17.9. The van der Waals surface area contributed by atoms with Crippen molar-refractivity contribution >= 4 is 46.6 Å². The number of unbranched alkanes of at least 4 members (excludes halogenated alkanes) is 1. The van der Waals surface area contributed by atoms with Gasteiger partial charge in [-0.2, -0.15) is 10.5 Å². The Morgan fingerprint density at radius 2 is 2.00 bits per heavy atom. The Balaban J connectivity index is 2.01. The van der Waals surface area contributed by atoms with Crippen LogP contribution >= 0.6 is 23.8 Å². The highest BCUT2D eigenvalue weighted by molar-refractivity contribution is 7.80. The van der Waals surface area contributed by atoms with Crippen LogP contribution in [0.2, 0.25) is 5.02 Å². The lowest BCUT2D eigenvalue weighted by Gasteiger charge is -2.48. The molecule has 0 heterocycles. The molecule has 1 fully saturated rings. The molecular formula is C24H21ClF2N4OS. The maximum Gasteiger partial charge on any atom is 0.181 e. The van der Waals surface area contributed by atoms with E-state index in [9.17, 15) is 13.6 Å². The molecule has 1 saturated carbocycles. The summed E-state index contributed by atoms with van der Waals surface area (Å²) >= 11 is 11.6. The lowest BCUT2D eigenvalue weighted by Crippen LogP contribution is -2.60. The van der Waals surface area contributed by atoms with Crippen LogP contribution < -0.4 is 9.80 Å². The van der Waals surface area contributed by atoms with Gasteiger partial charge in [0.15, 0.2) is 10.9 Å². The number of nitrogens with zero attached hydrogens (tertiary/aromatic N) is 4. The van der Waals surface area contributed by atoms with E-state index >= 15 is 0 Å². The van der Waals surface area contributed by atoms with E-state index < -0.39 is 17.2 Å². The largest absolute Gasteiger partial charge is 0.319 e. The van der Waals surface area contributed by atoms with Gasteiger partial charge in [0.25, 0.3) is 0 Å². The second-order valence-electron chi connectivity index (χ2n) is 7.91. The first-order valence-corrected chi connectivity index (χ1v) is 11.2. The molecule has 1 aliphatic carbocycles. The maximum absolute atomic E-state index is 14.9. The van der Waals surface area contributed by atoms with Crippen molar-refractivity contribution in [2.75, 3.05) is 16.8 Å². The van der Waals surface area contributed by atoms with Gasteiger partial charge in [0.05, 0.1) is 22.3 Å². The van der Waals surface area contributed by atoms with Crippen LogP contribution in [0, 0.1) is 34.3 Å². The maximum atomic E-state index is 14.9. The zero-order valence-corrected chi connectivity index (χ0v) is 19.5. The highest BCUT2D eigenvalue weighted by Gasteiger charge is 2.45. The number of aryl methyl sites for hydroxylation is 1. The van der Waals surface area contributed by atoms with E-state index in [4.69, 9.17) is 34.3 Å². The third kappa shape index (κ3) is 4.68. The quantitative estimate of drug-likeness (QED) is 0.284. The van der Waals surface area contributed by atoms with Gasteiger partial charge in [-0.3, -0.25) is 0 Å². The summed E-state index contributed by atoms with van der Waals surface area (Å²) < 4.78 is 29.8. The minimum Gasteiger partial charge on any atom is -0.319 e. The predicted octanol–water partition coefficient (Wildman–Crippen LogP) is 5.69. The molecular weight excluding hydrogens is 466 g/mol. The Bertz CT molecular complexity index is 1170. The van der Waals surface area contributed by atoms with Crippen molar-refractivity contribution in [3.8, 4) is 12.1 Å². The summed E-state index contributed by atoms with van der Waals surface area (Å²) in [6.07, 6.45) is 3.92. The third-order valence-corrected chi connectivity index (χ3v) is 6.76. The van der Waals surface area contributed by atoms with E-state index in [1.165, 1.54) is 30.1 Å². The van der Waals surface area contributed by atoms with Crippen molar-refractivity contribution in [2.24, 2.45) is 0 Å². The Morgan fingerprint density at radius 3 is 2.55 bits per heavy atom. The van der Waals surface area contributed by atoms with Gasteiger partial charge in [-0.05, 0) is 74.2 Å². The first-order valence-electron chi connectivity index (χ1n) is 10.4. The van der Waals surface area contributed by atoms with Gasteiger partial charge >= 0.3 is 0 Å². The van der Waals surface area contributed by atoms with E-state index in [0.29, 0.717) is 43.4 Å². The van der Waals surface area contributed by atoms with Gasteiger partial charge < -0.3 is 14.6 Å². The summed E-state index contributed by atoms with van der Waals surface area (Å²) in [5.41, 5.74) is -0.103. The SMILES string of the molecule is CN(C(=S)N(c1ccc(CCCC#N)c(F)c1)C1(C=O)CCC1)c1ccc(C#N)c(Cl)c1F. The molecule has 3 rings (SSSR count). The molecule has 0 atom stereocenters. The molecule has 9 heteroatoms. The molecule has 2 aromatic rings. The van der Waals surface area contributed by atoms with E-state index in [1.807, 2.05) is 12.1 Å². The molecule has 33 heavy (non-hydrogen) atoms.